The summed E-state index contributed by atoms with van der Waals surface area (Å²) in [5, 5.41) is 0. The number of nitrogens with zero attached hydrogens (tertiary/aromatic N) is 2. The second-order valence-electron chi connectivity index (χ2n) is 3.17. The number of carbonyl (C=O) groups excluding carboxylic acids is 1. The van der Waals surface area contributed by atoms with Gasteiger partial charge in [-0.15, -0.1) is 0 Å². The molecule has 1 heterocycles. The van der Waals surface area contributed by atoms with E-state index in [2.05, 4.69) is 20.9 Å². The van der Waals surface area contributed by atoms with E-state index in [1.54, 1.807) is 12.4 Å². The Hall–Kier alpha value is -1.36. The van der Waals surface area contributed by atoms with Gasteiger partial charge >= 0.3 is 5.97 Å². The molecule has 2 aromatic rings. The van der Waals surface area contributed by atoms with E-state index < -0.39 is 0 Å². The summed E-state index contributed by atoms with van der Waals surface area (Å²) in [6, 6.07) is 3.62. The highest BCUT2D eigenvalue weighted by molar-refractivity contribution is 9.10. The highest BCUT2D eigenvalue weighted by atomic mass is 79.9. The van der Waals surface area contributed by atoms with Crippen LogP contribution in [0.25, 0.3) is 11.0 Å². The molecule has 0 aliphatic heterocycles. The van der Waals surface area contributed by atoms with Crippen LogP contribution in [0.4, 0.5) is 0 Å². The number of aromatic nitrogens is 2. The van der Waals surface area contributed by atoms with Gasteiger partial charge in [0.05, 0.1) is 24.5 Å². The molecule has 0 radical (unpaired) electrons. The fourth-order valence-electron chi connectivity index (χ4n) is 1.46. The minimum Gasteiger partial charge on any atom is -0.465 e. The second-order valence-corrected chi connectivity index (χ2v) is 4.08. The van der Waals surface area contributed by atoms with Gasteiger partial charge in [-0.1, -0.05) is 15.9 Å². The van der Waals surface area contributed by atoms with Crippen molar-refractivity contribution in [1.29, 1.82) is 0 Å². The minimum atomic E-state index is -0.375. The van der Waals surface area contributed by atoms with Crippen LogP contribution in [0.1, 0.15) is 10.4 Å². The molecule has 0 unspecified atom stereocenters. The molecule has 0 bridgehead atoms. The average Bonchev–Trinajstić information content (AvgIpc) is 2.58. The summed E-state index contributed by atoms with van der Waals surface area (Å²) < 4.78 is 7.39. The first-order valence-electron chi connectivity index (χ1n) is 4.32. The van der Waals surface area contributed by atoms with Crippen LogP contribution >= 0.6 is 15.9 Å². The maximum atomic E-state index is 11.5. The van der Waals surface area contributed by atoms with Crippen molar-refractivity contribution < 1.29 is 9.53 Å². The van der Waals surface area contributed by atoms with Crippen molar-refractivity contribution in [1.82, 2.24) is 9.55 Å². The largest absolute Gasteiger partial charge is 0.465 e. The zero-order chi connectivity index (χ0) is 11.0. The van der Waals surface area contributed by atoms with Gasteiger partial charge in [0, 0.05) is 11.5 Å². The van der Waals surface area contributed by atoms with Gasteiger partial charge in [-0.3, -0.25) is 0 Å². The van der Waals surface area contributed by atoms with E-state index in [4.69, 9.17) is 4.74 Å². The zero-order valence-electron chi connectivity index (χ0n) is 8.32. The van der Waals surface area contributed by atoms with Crippen LogP contribution in [-0.2, 0) is 11.8 Å². The lowest BCUT2D eigenvalue weighted by atomic mass is 10.2. The third-order valence-corrected chi connectivity index (χ3v) is 2.66. The molecule has 0 N–H and O–H groups in total. The molecule has 78 valence electrons. The van der Waals surface area contributed by atoms with E-state index in [9.17, 15) is 4.79 Å². The number of methoxy groups -OCH3 is 1. The van der Waals surface area contributed by atoms with Gasteiger partial charge in [-0.2, -0.15) is 0 Å². The van der Waals surface area contributed by atoms with Crippen LogP contribution in [-0.4, -0.2) is 22.6 Å². The number of rotatable bonds is 1. The van der Waals surface area contributed by atoms with E-state index in [1.165, 1.54) is 7.11 Å². The number of benzene rings is 1. The Morgan fingerprint density at radius 3 is 2.93 bits per heavy atom. The molecule has 1 aromatic heterocycles. The minimum absolute atomic E-state index is 0.375. The van der Waals surface area contributed by atoms with Gasteiger partial charge in [-0.25, -0.2) is 9.78 Å². The maximum absolute atomic E-state index is 11.5. The quantitative estimate of drug-likeness (QED) is 0.745. The van der Waals surface area contributed by atoms with Crippen LogP contribution in [0.15, 0.2) is 22.9 Å². The molecule has 0 fully saturated rings. The van der Waals surface area contributed by atoms with Crippen molar-refractivity contribution in [2.24, 2.45) is 7.05 Å². The van der Waals surface area contributed by atoms with Gasteiger partial charge < -0.3 is 9.30 Å². The van der Waals surface area contributed by atoms with Gasteiger partial charge in [0.15, 0.2) is 0 Å². The summed E-state index contributed by atoms with van der Waals surface area (Å²) >= 11 is 3.35. The number of esters is 1. The fourth-order valence-corrected chi connectivity index (χ4v) is 1.91. The van der Waals surface area contributed by atoms with Gasteiger partial charge in [0.25, 0.3) is 0 Å². The number of carbonyl (C=O) groups is 1. The second kappa shape index (κ2) is 3.66. The van der Waals surface area contributed by atoms with E-state index in [0.717, 1.165) is 9.99 Å². The third kappa shape index (κ3) is 1.63. The number of imidazole rings is 1. The Labute approximate surface area is 95.0 Å². The van der Waals surface area contributed by atoms with E-state index in [1.807, 2.05) is 17.7 Å². The van der Waals surface area contributed by atoms with Crippen molar-refractivity contribution >= 4 is 32.9 Å². The van der Waals surface area contributed by atoms with Crippen LogP contribution in [0.5, 0.6) is 0 Å². The Balaban J connectivity index is 2.78. The number of aryl methyl sites for hydroxylation is 1. The first-order chi connectivity index (χ1) is 7.13. The van der Waals surface area contributed by atoms with Crippen molar-refractivity contribution in [2.75, 3.05) is 7.11 Å². The summed E-state index contributed by atoms with van der Waals surface area (Å²) in [6.45, 7) is 0. The highest BCUT2D eigenvalue weighted by Gasteiger charge is 2.14. The monoisotopic (exact) mass is 268 g/mol. The normalized spacial score (nSPS) is 10.6. The molecule has 0 aliphatic carbocycles. The molecule has 0 aliphatic rings. The lowest BCUT2D eigenvalue weighted by Crippen LogP contribution is -2.02. The van der Waals surface area contributed by atoms with Crippen LogP contribution in [0.2, 0.25) is 0 Å². The van der Waals surface area contributed by atoms with Crippen molar-refractivity contribution in [3.63, 3.8) is 0 Å². The molecular formula is C10H9BrN2O2. The molecule has 15 heavy (non-hydrogen) atoms. The van der Waals surface area contributed by atoms with E-state index >= 15 is 0 Å². The van der Waals surface area contributed by atoms with E-state index in [0.29, 0.717) is 11.1 Å². The molecule has 1 aromatic carbocycles. The Bertz CT molecular complexity index is 533. The van der Waals surface area contributed by atoms with Crippen molar-refractivity contribution in [3.8, 4) is 0 Å². The average molecular weight is 269 g/mol. The standard InChI is InChI=1S/C10H9BrN2O2/c1-13-5-12-9-7(10(14)15-2)3-6(11)4-8(9)13/h3-5H,1-2H3. The van der Waals surface area contributed by atoms with Gasteiger partial charge in [-0.05, 0) is 12.1 Å². The molecular weight excluding hydrogens is 260 g/mol. The number of hydrogen-bond acceptors (Lipinski definition) is 3. The molecule has 4 nitrogen and oxygen atoms in total. The number of hydrogen-bond donors (Lipinski definition) is 0. The van der Waals surface area contributed by atoms with Crippen molar-refractivity contribution in [2.45, 2.75) is 0 Å². The SMILES string of the molecule is COC(=O)c1cc(Br)cc2c1ncn2C. The number of ether oxygens (including phenoxy) is 1. The summed E-state index contributed by atoms with van der Waals surface area (Å²) in [5.41, 5.74) is 2.03. The maximum Gasteiger partial charge on any atom is 0.340 e. The first-order valence-corrected chi connectivity index (χ1v) is 5.11. The Kier molecular flexibility index (Phi) is 2.48. The lowest BCUT2D eigenvalue weighted by molar-refractivity contribution is 0.0602. The molecule has 0 saturated carbocycles. The zero-order valence-corrected chi connectivity index (χ0v) is 9.91. The Morgan fingerprint density at radius 1 is 1.53 bits per heavy atom. The fraction of sp³-hybridized carbons (Fsp3) is 0.200. The van der Waals surface area contributed by atoms with Gasteiger partial charge in [0.2, 0.25) is 0 Å². The van der Waals surface area contributed by atoms with Crippen LogP contribution in [0, 0.1) is 0 Å². The molecule has 2 rings (SSSR count). The highest BCUT2D eigenvalue weighted by Crippen LogP contribution is 2.23. The number of fused-ring (bicyclic) bond motifs is 1. The predicted octanol–water partition coefficient (Wildman–Crippen LogP) is 2.12. The van der Waals surface area contributed by atoms with Crippen LogP contribution in [0.3, 0.4) is 0 Å². The smallest absolute Gasteiger partial charge is 0.340 e. The summed E-state index contributed by atoms with van der Waals surface area (Å²) in [7, 11) is 3.24. The Morgan fingerprint density at radius 2 is 2.27 bits per heavy atom. The van der Waals surface area contributed by atoms with E-state index in [-0.39, 0.29) is 5.97 Å². The number of halogens is 1. The van der Waals surface area contributed by atoms with Gasteiger partial charge in [0.1, 0.15) is 5.52 Å². The summed E-state index contributed by atoms with van der Waals surface area (Å²) in [4.78, 5) is 15.7. The molecule has 0 atom stereocenters. The topological polar surface area (TPSA) is 44.1 Å². The summed E-state index contributed by atoms with van der Waals surface area (Å²) in [5.74, 6) is -0.375. The molecule has 0 saturated heterocycles. The lowest BCUT2D eigenvalue weighted by Gasteiger charge is -2.02. The molecule has 5 heteroatoms. The summed E-state index contributed by atoms with van der Waals surface area (Å²) in [6.07, 6.45) is 1.67. The van der Waals surface area contributed by atoms with Crippen LogP contribution < -0.4 is 0 Å². The molecule has 0 amide bonds. The third-order valence-electron chi connectivity index (χ3n) is 2.20. The predicted molar refractivity (Wildman–Crippen MR) is 59.8 cm³/mol. The van der Waals surface area contributed by atoms with Crippen molar-refractivity contribution in [3.05, 3.63) is 28.5 Å². The molecule has 0 spiro atoms. The first kappa shape index (κ1) is 10.2.